The number of carbonyl (C=O) groups excluding carboxylic acids is 2. The number of aromatic nitrogens is 4. The SMILES string of the molecule is CCn1ncc(NC(=O)c2ccn(CC(=O)O)n2)c1C(N)=O. The van der Waals surface area contributed by atoms with Crippen LogP contribution in [0.25, 0.3) is 0 Å². The van der Waals surface area contributed by atoms with Gasteiger partial charge in [-0.15, -0.1) is 0 Å². The van der Waals surface area contributed by atoms with Gasteiger partial charge in [0.2, 0.25) is 0 Å². The van der Waals surface area contributed by atoms with Gasteiger partial charge < -0.3 is 16.2 Å². The van der Waals surface area contributed by atoms with Gasteiger partial charge in [0.1, 0.15) is 12.2 Å². The predicted octanol–water partition coefficient (Wildman–Crippen LogP) is -0.465. The van der Waals surface area contributed by atoms with Crippen LogP contribution < -0.4 is 11.1 Å². The number of primary amides is 1. The standard InChI is InChI=1S/C12H14N6O4/c1-2-18-10(11(13)21)8(5-14-18)15-12(22)7-3-4-17(16-7)6-9(19)20/h3-5H,2,6H2,1H3,(H2,13,21)(H,15,22)(H,19,20). The molecule has 22 heavy (non-hydrogen) atoms. The Kier molecular flexibility index (Phi) is 4.20. The lowest BCUT2D eigenvalue weighted by Gasteiger charge is -2.05. The van der Waals surface area contributed by atoms with E-state index in [1.165, 1.54) is 23.1 Å². The van der Waals surface area contributed by atoms with Crippen molar-refractivity contribution in [2.45, 2.75) is 20.0 Å². The monoisotopic (exact) mass is 306 g/mol. The van der Waals surface area contributed by atoms with Crippen LogP contribution in [-0.4, -0.2) is 42.5 Å². The van der Waals surface area contributed by atoms with E-state index in [1.54, 1.807) is 6.92 Å². The Bertz CT molecular complexity index is 732. The third-order valence-electron chi connectivity index (χ3n) is 2.79. The first kappa shape index (κ1) is 15.2. The van der Waals surface area contributed by atoms with Gasteiger partial charge in [-0.2, -0.15) is 10.2 Å². The van der Waals surface area contributed by atoms with Crippen LogP contribution in [0.2, 0.25) is 0 Å². The van der Waals surface area contributed by atoms with Gasteiger partial charge in [-0.3, -0.25) is 23.7 Å². The van der Waals surface area contributed by atoms with Gasteiger partial charge in [0.25, 0.3) is 11.8 Å². The second-order valence-corrected chi connectivity index (χ2v) is 4.33. The van der Waals surface area contributed by atoms with Crippen molar-refractivity contribution in [1.82, 2.24) is 19.6 Å². The van der Waals surface area contributed by atoms with Crippen molar-refractivity contribution in [3.8, 4) is 0 Å². The van der Waals surface area contributed by atoms with Crippen LogP contribution in [0.1, 0.15) is 27.9 Å². The number of carboxylic acid groups (broad SMARTS) is 1. The molecular formula is C12H14N6O4. The molecule has 2 amide bonds. The van der Waals surface area contributed by atoms with Crippen molar-refractivity contribution in [1.29, 1.82) is 0 Å². The molecule has 2 heterocycles. The Labute approximate surface area is 124 Å². The second-order valence-electron chi connectivity index (χ2n) is 4.33. The average molecular weight is 306 g/mol. The molecule has 0 saturated heterocycles. The number of nitrogens with zero attached hydrogens (tertiary/aromatic N) is 4. The van der Waals surface area contributed by atoms with Crippen LogP contribution in [0.3, 0.4) is 0 Å². The number of anilines is 1. The highest BCUT2D eigenvalue weighted by atomic mass is 16.4. The van der Waals surface area contributed by atoms with Crippen molar-refractivity contribution in [3.63, 3.8) is 0 Å². The summed E-state index contributed by atoms with van der Waals surface area (Å²) in [5, 5.41) is 18.9. The fraction of sp³-hybridized carbons (Fsp3) is 0.250. The topological polar surface area (TPSA) is 145 Å². The summed E-state index contributed by atoms with van der Waals surface area (Å²) < 4.78 is 2.47. The number of aliphatic carboxylic acids is 1. The molecule has 0 aliphatic heterocycles. The van der Waals surface area contributed by atoms with E-state index in [2.05, 4.69) is 15.5 Å². The molecule has 0 bridgehead atoms. The van der Waals surface area contributed by atoms with E-state index < -0.39 is 17.8 Å². The van der Waals surface area contributed by atoms with Crippen LogP contribution in [0.4, 0.5) is 5.69 Å². The first-order valence-corrected chi connectivity index (χ1v) is 6.34. The molecule has 0 radical (unpaired) electrons. The molecule has 2 aromatic heterocycles. The number of hydrogen-bond acceptors (Lipinski definition) is 5. The molecule has 10 heteroatoms. The predicted molar refractivity (Wildman–Crippen MR) is 74.2 cm³/mol. The minimum atomic E-state index is -1.07. The van der Waals surface area contributed by atoms with Gasteiger partial charge in [0.05, 0.1) is 11.9 Å². The second kappa shape index (κ2) is 6.08. The Morgan fingerprint density at radius 2 is 2.14 bits per heavy atom. The van der Waals surface area contributed by atoms with E-state index in [0.29, 0.717) is 6.54 Å². The maximum absolute atomic E-state index is 12.1. The van der Waals surface area contributed by atoms with Gasteiger partial charge in [-0.05, 0) is 13.0 Å². The highest BCUT2D eigenvalue weighted by Gasteiger charge is 2.19. The van der Waals surface area contributed by atoms with Crippen molar-refractivity contribution in [2.75, 3.05) is 5.32 Å². The molecule has 2 rings (SSSR count). The summed E-state index contributed by atoms with van der Waals surface area (Å²) >= 11 is 0. The summed E-state index contributed by atoms with van der Waals surface area (Å²) in [6, 6.07) is 1.37. The number of aryl methyl sites for hydroxylation is 1. The summed E-state index contributed by atoms with van der Waals surface area (Å²) in [4.78, 5) is 34.1. The van der Waals surface area contributed by atoms with Crippen molar-refractivity contribution < 1.29 is 19.5 Å². The van der Waals surface area contributed by atoms with E-state index in [1.807, 2.05) is 0 Å². The minimum Gasteiger partial charge on any atom is -0.480 e. The molecule has 0 saturated carbocycles. The van der Waals surface area contributed by atoms with Gasteiger partial charge >= 0.3 is 5.97 Å². The molecule has 0 aliphatic carbocycles. The normalized spacial score (nSPS) is 10.4. The van der Waals surface area contributed by atoms with Gasteiger partial charge in [-0.25, -0.2) is 0 Å². The van der Waals surface area contributed by atoms with E-state index in [4.69, 9.17) is 10.8 Å². The number of nitrogens with one attached hydrogen (secondary N) is 1. The molecule has 116 valence electrons. The first-order chi connectivity index (χ1) is 10.4. The lowest BCUT2D eigenvalue weighted by Crippen LogP contribution is -2.21. The molecule has 0 aromatic carbocycles. The summed E-state index contributed by atoms with van der Waals surface area (Å²) in [5.74, 6) is -2.39. The van der Waals surface area contributed by atoms with Crippen LogP contribution in [-0.2, 0) is 17.9 Å². The molecule has 0 atom stereocenters. The zero-order chi connectivity index (χ0) is 16.3. The molecular weight excluding hydrogens is 292 g/mol. The number of amides is 2. The van der Waals surface area contributed by atoms with Gasteiger partial charge in [0, 0.05) is 12.7 Å². The fourth-order valence-electron chi connectivity index (χ4n) is 1.87. The fourth-order valence-corrected chi connectivity index (χ4v) is 1.87. The Balaban J connectivity index is 2.19. The lowest BCUT2D eigenvalue weighted by molar-refractivity contribution is -0.137. The molecule has 2 aromatic rings. The Morgan fingerprint density at radius 1 is 1.41 bits per heavy atom. The largest absolute Gasteiger partial charge is 0.480 e. The lowest BCUT2D eigenvalue weighted by atomic mass is 10.3. The highest BCUT2D eigenvalue weighted by Crippen LogP contribution is 2.15. The summed E-state index contributed by atoms with van der Waals surface area (Å²) in [6.45, 7) is 1.84. The molecule has 4 N–H and O–H groups in total. The van der Waals surface area contributed by atoms with Gasteiger partial charge in [0.15, 0.2) is 5.69 Å². The molecule has 0 spiro atoms. The van der Waals surface area contributed by atoms with Crippen LogP contribution in [0.5, 0.6) is 0 Å². The number of rotatable bonds is 6. The smallest absolute Gasteiger partial charge is 0.325 e. The maximum atomic E-state index is 12.1. The van der Waals surface area contributed by atoms with Crippen molar-refractivity contribution >= 4 is 23.5 Å². The Morgan fingerprint density at radius 3 is 2.73 bits per heavy atom. The van der Waals surface area contributed by atoms with E-state index >= 15 is 0 Å². The van der Waals surface area contributed by atoms with Crippen molar-refractivity contribution in [3.05, 3.63) is 29.8 Å². The summed E-state index contributed by atoms with van der Waals surface area (Å²) in [5.41, 5.74) is 5.54. The van der Waals surface area contributed by atoms with E-state index in [9.17, 15) is 14.4 Å². The first-order valence-electron chi connectivity index (χ1n) is 6.34. The maximum Gasteiger partial charge on any atom is 0.325 e. The zero-order valence-electron chi connectivity index (χ0n) is 11.7. The minimum absolute atomic E-state index is 0.0147. The quantitative estimate of drug-likeness (QED) is 0.658. The molecule has 0 aliphatic rings. The number of carboxylic acids is 1. The average Bonchev–Trinajstić information content (AvgIpc) is 3.04. The van der Waals surface area contributed by atoms with Crippen LogP contribution in [0.15, 0.2) is 18.5 Å². The number of carbonyl (C=O) groups is 3. The number of nitrogens with two attached hydrogens (primary N) is 1. The van der Waals surface area contributed by atoms with Crippen molar-refractivity contribution in [2.24, 2.45) is 5.73 Å². The third kappa shape index (κ3) is 3.11. The van der Waals surface area contributed by atoms with Gasteiger partial charge in [-0.1, -0.05) is 0 Å². The molecule has 10 nitrogen and oxygen atoms in total. The molecule has 0 unspecified atom stereocenters. The zero-order valence-corrected chi connectivity index (χ0v) is 11.7. The van der Waals surface area contributed by atoms with Crippen LogP contribution in [0, 0.1) is 0 Å². The summed E-state index contributed by atoms with van der Waals surface area (Å²) in [6.07, 6.45) is 2.68. The third-order valence-corrected chi connectivity index (χ3v) is 2.79. The van der Waals surface area contributed by atoms with Crippen LogP contribution >= 0.6 is 0 Å². The highest BCUT2D eigenvalue weighted by molar-refractivity contribution is 6.07. The van der Waals surface area contributed by atoms with E-state index in [-0.39, 0.29) is 23.6 Å². The number of hydrogen-bond donors (Lipinski definition) is 3. The van der Waals surface area contributed by atoms with E-state index in [0.717, 1.165) is 4.68 Å². The Hall–Kier alpha value is -3.17. The molecule has 0 fully saturated rings. The summed E-state index contributed by atoms with van der Waals surface area (Å²) in [7, 11) is 0.